The zero-order chi connectivity index (χ0) is 8.77. The summed E-state index contributed by atoms with van der Waals surface area (Å²) in [5.74, 6) is -0.506. The van der Waals surface area contributed by atoms with Crippen LogP contribution in [0.25, 0.3) is 0 Å². The number of rotatable bonds is 0. The number of piperidine rings is 1. The number of hydrogen-bond acceptors (Lipinski definition) is 4. The van der Waals surface area contributed by atoms with Gasteiger partial charge in [-0.3, -0.25) is 4.79 Å². The molecule has 0 spiro atoms. The third-order valence-corrected chi connectivity index (χ3v) is 2.15. The van der Waals surface area contributed by atoms with Crippen molar-refractivity contribution in [2.24, 2.45) is 0 Å². The Morgan fingerprint density at radius 1 is 1.50 bits per heavy atom. The molecule has 0 saturated carbocycles. The SMILES string of the molecule is CC1(C)OC2CNCC(=O)C2O1. The van der Waals surface area contributed by atoms with Gasteiger partial charge in [0.1, 0.15) is 12.2 Å². The highest BCUT2D eigenvalue weighted by Crippen LogP contribution is 2.29. The molecule has 68 valence electrons. The second-order valence-corrected chi connectivity index (χ2v) is 3.69. The average Bonchev–Trinajstić information content (AvgIpc) is 2.25. The Hall–Kier alpha value is -0.450. The average molecular weight is 171 g/mol. The number of carbonyl (C=O) groups is 1. The van der Waals surface area contributed by atoms with Crippen LogP contribution in [0.2, 0.25) is 0 Å². The van der Waals surface area contributed by atoms with Gasteiger partial charge in [-0.2, -0.15) is 0 Å². The van der Waals surface area contributed by atoms with E-state index in [0.717, 1.165) is 0 Å². The number of ketones is 1. The maximum absolute atomic E-state index is 11.3. The van der Waals surface area contributed by atoms with E-state index in [1.807, 2.05) is 13.8 Å². The smallest absolute Gasteiger partial charge is 0.178 e. The first-order valence-electron chi connectivity index (χ1n) is 4.17. The molecule has 4 nitrogen and oxygen atoms in total. The lowest BCUT2D eigenvalue weighted by atomic mass is 10.1. The minimum absolute atomic E-state index is 0.0943. The van der Waals surface area contributed by atoms with E-state index in [2.05, 4.69) is 5.32 Å². The van der Waals surface area contributed by atoms with Gasteiger partial charge in [0, 0.05) is 6.54 Å². The first kappa shape index (κ1) is 8.16. The van der Waals surface area contributed by atoms with E-state index in [1.54, 1.807) is 0 Å². The molecule has 0 aromatic heterocycles. The molecule has 4 heteroatoms. The van der Waals surface area contributed by atoms with Crippen molar-refractivity contribution < 1.29 is 14.3 Å². The van der Waals surface area contributed by atoms with Crippen molar-refractivity contribution in [2.45, 2.75) is 31.8 Å². The molecular weight excluding hydrogens is 158 g/mol. The number of fused-ring (bicyclic) bond motifs is 1. The zero-order valence-corrected chi connectivity index (χ0v) is 7.29. The summed E-state index contributed by atoms with van der Waals surface area (Å²) in [4.78, 5) is 11.3. The van der Waals surface area contributed by atoms with Gasteiger partial charge in [0.05, 0.1) is 6.54 Å². The highest BCUT2D eigenvalue weighted by Gasteiger charge is 2.46. The molecule has 0 amide bonds. The Labute approximate surface area is 71.2 Å². The lowest BCUT2D eigenvalue weighted by molar-refractivity contribution is -0.152. The highest BCUT2D eigenvalue weighted by molar-refractivity contribution is 5.86. The van der Waals surface area contributed by atoms with Crippen molar-refractivity contribution in [1.82, 2.24) is 5.32 Å². The lowest BCUT2D eigenvalue weighted by Crippen LogP contribution is -2.49. The summed E-state index contributed by atoms with van der Waals surface area (Å²) in [6, 6.07) is 0. The van der Waals surface area contributed by atoms with E-state index in [9.17, 15) is 4.79 Å². The Kier molecular flexibility index (Phi) is 1.71. The predicted octanol–water partition coefficient (Wildman–Crippen LogP) is -0.321. The number of Topliss-reactive ketones (excluding diaryl/α,β-unsaturated/α-hetero) is 1. The topological polar surface area (TPSA) is 47.6 Å². The predicted molar refractivity (Wildman–Crippen MR) is 41.7 cm³/mol. The summed E-state index contributed by atoms with van der Waals surface area (Å²) in [7, 11) is 0. The van der Waals surface area contributed by atoms with Crippen molar-refractivity contribution in [3.05, 3.63) is 0 Å². The molecule has 0 bridgehead atoms. The first-order valence-corrected chi connectivity index (χ1v) is 4.17. The van der Waals surface area contributed by atoms with Crippen LogP contribution in [0.15, 0.2) is 0 Å². The van der Waals surface area contributed by atoms with Crippen molar-refractivity contribution in [1.29, 1.82) is 0 Å². The molecule has 2 heterocycles. The Morgan fingerprint density at radius 3 is 2.92 bits per heavy atom. The lowest BCUT2D eigenvalue weighted by Gasteiger charge is -2.21. The molecule has 0 aromatic carbocycles. The summed E-state index contributed by atoms with van der Waals surface area (Å²) in [6.07, 6.45) is -0.442. The molecule has 0 aromatic rings. The minimum Gasteiger partial charge on any atom is -0.343 e. The summed E-state index contributed by atoms with van der Waals surface area (Å²) >= 11 is 0. The van der Waals surface area contributed by atoms with E-state index in [0.29, 0.717) is 13.1 Å². The molecule has 0 radical (unpaired) electrons. The fourth-order valence-corrected chi connectivity index (χ4v) is 1.70. The molecule has 2 saturated heterocycles. The van der Waals surface area contributed by atoms with E-state index in [1.165, 1.54) is 0 Å². The Morgan fingerprint density at radius 2 is 2.25 bits per heavy atom. The van der Waals surface area contributed by atoms with Crippen LogP contribution in [-0.2, 0) is 14.3 Å². The van der Waals surface area contributed by atoms with Crippen LogP contribution >= 0.6 is 0 Å². The summed E-state index contributed by atoms with van der Waals surface area (Å²) in [6.45, 7) is 4.78. The van der Waals surface area contributed by atoms with Crippen LogP contribution in [0.1, 0.15) is 13.8 Å². The largest absolute Gasteiger partial charge is 0.343 e. The quantitative estimate of drug-likeness (QED) is 0.542. The van der Waals surface area contributed by atoms with Gasteiger partial charge in [-0.1, -0.05) is 0 Å². The molecule has 2 unspecified atom stereocenters. The Balaban J connectivity index is 2.14. The van der Waals surface area contributed by atoms with Crippen molar-refractivity contribution >= 4 is 5.78 Å². The molecule has 2 aliphatic rings. The van der Waals surface area contributed by atoms with Gasteiger partial charge < -0.3 is 14.8 Å². The molecule has 2 fully saturated rings. The molecule has 2 rings (SSSR count). The maximum Gasteiger partial charge on any atom is 0.178 e. The summed E-state index contributed by atoms with van der Waals surface area (Å²) < 4.78 is 11.0. The van der Waals surface area contributed by atoms with Crippen LogP contribution in [0.3, 0.4) is 0 Å². The van der Waals surface area contributed by atoms with Crippen LogP contribution in [0.4, 0.5) is 0 Å². The van der Waals surface area contributed by atoms with E-state index >= 15 is 0 Å². The van der Waals surface area contributed by atoms with Gasteiger partial charge in [0.15, 0.2) is 11.6 Å². The maximum atomic E-state index is 11.3. The van der Waals surface area contributed by atoms with Crippen LogP contribution < -0.4 is 5.32 Å². The highest BCUT2D eigenvalue weighted by atomic mass is 16.8. The van der Waals surface area contributed by atoms with Crippen molar-refractivity contribution in [3.8, 4) is 0 Å². The van der Waals surface area contributed by atoms with Gasteiger partial charge in [0.25, 0.3) is 0 Å². The number of carbonyl (C=O) groups excluding carboxylic acids is 1. The van der Waals surface area contributed by atoms with Crippen LogP contribution in [0, 0.1) is 0 Å². The fraction of sp³-hybridized carbons (Fsp3) is 0.875. The molecule has 0 aliphatic carbocycles. The van der Waals surface area contributed by atoms with Gasteiger partial charge in [-0.05, 0) is 13.8 Å². The third-order valence-electron chi connectivity index (χ3n) is 2.15. The van der Waals surface area contributed by atoms with Gasteiger partial charge in [0.2, 0.25) is 0 Å². The number of ether oxygens (including phenoxy) is 2. The Bertz CT molecular complexity index is 214. The van der Waals surface area contributed by atoms with E-state index < -0.39 is 5.79 Å². The summed E-state index contributed by atoms with van der Waals surface area (Å²) in [5.41, 5.74) is 0. The summed E-state index contributed by atoms with van der Waals surface area (Å²) in [5, 5.41) is 2.99. The van der Waals surface area contributed by atoms with E-state index in [-0.39, 0.29) is 18.0 Å². The fourth-order valence-electron chi connectivity index (χ4n) is 1.70. The molecular formula is C8H13NO3. The minimum atomic E-state index is -0.600. The first-order chi connectivity index (χ1) is 5.58. The second kappa shape index (κ2) is 2.52. The molecule has 12 heavy (non-hydrogen) atoms. The number of hydrogen-bond donors (Lipinski definition) is 1. The monoisotopic (exact) mass is 171 g/mol. The van der Waals surface area contributed by atoms with Gasteiger partial charge in [-0.15, -0.1) is 0 Å². The molecule has 2 atom stereocenters. The second-order valence-electron chi connectivity index (χ2n) is 3.69. The number of nitrogens with one attached hydrogen (secondary N) is 1. The third kappa shape index (κ3) is 1.26. The van der Waals surface area contributed by atoms with Crippen LogP contribution in [-0.4, -0.2) is 36.9 Å². The normalized spacial score (nSPS) is 39.7. The van der Waals surface area contributed by atoms with Gasteiger partial charge >= 0.3 is 0 Å². The standard InChI is InChI=1S/C8H13NO3/c1-8(2)11-6-4-9-3-5(10)7(6)12-8/h6-7,9H,3-4H2,1-2H3. The molecule has 1 N–H and O–H groups in total. The van der Waals surface area contributed by atoms with E-state index in [4.69, 9.17) is 9.47 Å². The zero-order valence-electron chi connectivity index (χ0n) is 7.29. The van der Waals surface area contributed by atoms with Crippen molar-refractivity contribution in [2.75, 3.05) is 13.1 Å². The van der Waals surface area contributed by atoms with Gasteiger partial charge in [-0.25, -0.2) is 0 Å². The van der Waals surface area contributed by atoms with Crippen LogP contribution in [0.5, 0.6) is 0 Å². The van der Waals surface area contributed by atoms with Crippen molar-refractivity contribution in [3.63, 3.8) is 0 Å². The molecule has 2 aliphatic heterocycles.